The van der Waals surface area contributed by atoms with Crippen LogP contribution in [0.2, 0.25) is 10.0 Å². The van der Waals surface area contributed by atoms with Gasteiger partial charge in [-0.05, 0) is 30.5 Å². The van der Waals surface area contributed by atoms with Gasteiger partial charge in [0.2, 0.25) is 5.91 Å². The van der Waals surface area contributed by atoms with Gasteiger partial charge in [-0.15, -0.1) is 0 Å². The van der Waals surface area contributed by atoms with E-state index in [0.717, 1.165) is 12.8 Å². The zero-order valence-corrected chi connectivity index (χ0v) is 15.8. The molecule has 0 heterocycles. The number of carbonyl (C=O) groups is 3. The predicted octanol–water partition coefficient (Wildman–Crippen LogP) is 3.60. The molecule has 1 aromatic carbocycles. The Morgan fingerprint density at radius 3 is 2.42 bits per heavy atom. The molecule has 142 valence electrons. The lowest BCUT2D eigenvalue weighted by Gasteiger charge is -2.29. The first-order valence-corrected chi connectivity index (χ1v) is 9.14. The molecule has 1 fully saturated rings. The van der Waals surface area contributed by atoms with Crippen molar-refractivity contribution in [3.8, 4) is 0 Å². The monoisotopic (exact) mass is 401 g/mol. The summed E-state index contributed by atoms with van der Waals surface area (Å²) in [7, 11) is 1.26. The summed E-state index contributed by atoms with van der Waals surface area (Å²) < 4.78 is 4.70. The molecule has 0 saturated heterocycles. The van der Waals surface area contributed by atoms with Crippen molar-refractivity contribution in [1.29, 1.82) is 0 Å². The molecule has 1 amide bonds. The molecule has 0 radical (unpaired) electrons. The van der Waals surface area contributed by atoms with Crippen LogP contribution in [0.3, 0.4) is 0 Å². The Balaban J connectivity index is 2.22. The number of hydrogen-bond acceptors (Lipinski definition) is 4. The lowest BCUT2D eigenvalue weighted by Crippen LogP contribution is -2.41. The second-order valence-electron chi connectivity index (χ2n) is 6.35. The quantitative estimate of drug-likeness (QED) is 0.710. The maximum Gasteiger partial charge on any atom is 0.307 e. The van der Waals surface area contributed by atoms with Crippen LogP contribution in [0.4, 0.5) is 0 Å². The molecule has 2 N–H and O–H groups in total. The van der Waals surface area contributed by atoms with E-state index in [1.165, 1.54) is 7.11 Å². The van der Waals surface area contributed by atoms with Gasteiger partial charge in [0.25, 0.3) is 0 Å². The molecule has 1 aliphatic carbocycles. The number of benzene rings is 1. The van der Waals surface area contributed by atoms with Gasteiger partial charge in [-0.2, -0.15) is 0 Å². The maximum atomic E-state index is 12.7. The number of ether oxygens (including phenoxy) is 1. The molecule has 26 heavy (non-hydrogen) atoms. The first-order chi connectivity index (χ1) is 12.3. The van der Waals surface area contributed by atoms with E-state index in [4.69, 9.17) is 27.9 Å². The molecule has 3 atom stereocenters. The summed E-state index contributed by atoms with van der Waals surface area (Å²) in [6, 6.07) is 4.14. The van der Waals surface area contributed by atoms with Crippen molar-refractivity contribution in [2.75, 3.05) is 7.11 Å². The zero-order valence-electron chi connectivity index (χ0n) is 14.3. The number of carbonyl (C=O) groups excluding carboxylic acids is 2. The van der Waals surface area contributed by atoms with E-state index >= 15 is 0 Å². The van der Waals surface area contributed by atoms with Crippen molar-refractivity contribution in [2.24, 2.45) is 11.8 Å². The highest BCUT2D eigenvalue weighted by atomic mass is 35.5. The number of rotatable bonds is 6. The predicted molar refractivity (Wildman–Crippen MR) is 97.1 cm³/mol. The Hall–Kier alpha value is -1.79. The smallest absolute Gasteiger partial charge is 0.307 e. The van der Waals surface area contributed by atoms with Gasteiger partial charge >= 0.3 is 11.9 Å². The van der Waals surface area contributed by atoms with Gasteiger partial charge in [0.15, 0.2) is 0 Å². The second-order valence-corrected chi connectivity index (χ2v) is 7.17. The third-order valence-corrected chi connectivity index (χ3v) is 5.42. The summed E-state index contributed by atoms with van der Waals surface area (Å²) >= 11 is 12.0. The Morgan fingerprint density at radius 1 is 1.19 bits per heavy atom. The van der Waals surface area contributed by atoms with Gasteiger partial charge in [0, 0.05) is 0 Å². The van der Waals surface area contributed by atoms with Crippen molar-refractivity contribution < 1.29 is 24.2 Å². The van der Waals surface area contributed by atoms with Gasteiger partial charge in [0.05, 0.1) is 41.5 Å². The van der Waals surface area contributed by atoms with Crippen molar-refractivity contribution in [3.05, 3.63) is 33.8 Å². The molecular weight excluding hydrogens is 381 g/mol. The molecule has 1 aromatic rings. The molecule has 8 heteroatoms. The van der Waals surface area contributed by atoms with Crippen molar-refractivity contribution in [2.45, 2.75) is 38.1 Å². The van der Waals surface area contributed by atoms with Gasteiger partial charge < -0.3 is 15.2 Å². The van der Waals surface area contributed by atoms with Crippen LogP contribution in [-0.2, 0) is 19.1 Å². The SMILES string of the molecule is COC(=O)C[C@H](NC(=O)[C@H]1CCCC[C@@H]1C(=O)O)c1ccc(Cl)c(Cl)c1. The molecule has 0 unspecified atom stereocenters. The standard InChI is InChI=1S/C18H21Cl2NO5/c1-26-16(22)9-15(10-6-7-13(19)14(20)8-10)21-17(23)11-4-2-3-5-12(11)18(24)25/h6-8,11-12,15H,2-5,9H2,1H3,(H,21,23)(H,24,25)/t11-,12-,15-/m0/s1. The van der Waals surface area contributed by atoms with Crippen LogP contribution in [0, 0.1) is 11.8 Å². The van der Waals surface area contributed by atoms with E-state index in [1.807, 2.05) is 0 Å². The van der Waals surface area contributed by atoms with Crippen LogP contribution >= 0.6 is 23.2 Å². The first-order valence-electron chi connectivity index (χ1n) is 8.38. The molecule has 1 saturated carbocycles. The number of methoxy groups -OCH3 is 1. The fourth-order valence-corrected chi connectivity index (χ4v) is 3.56. The maximum absolute atomic E-state index is 12.7. The molecular formula is C18H21Cl2NO5. The molecule has 6 nitrogen and oxygen atoms in total. The van der Waals surface area contributed by atoms with Gasteiger partial charge in [-0.3, -0.25) is 14.4 Å². The largest absolute Gasteiger partial charge is 0.481 e. The van der Waals surface area contributed by atoms with Gasteiger partial charge in [-0.25, -0.2) is 0 Å². The van der Waals surface area contributed by atoms with Gasteiger partial charge in [-0.1, -0.05) is 42.1 Å². The summed E-state index contributed by atoms with van der Waals surface area (Å²) in [5.41, 5.74) is 0.598. The lowest BCUT2D eigenvalue weighted by atomic mass is 9.78. The second kappa shape index (κ2) is 9.24. The van der Waals surface area contributed by atoms with E-state index in [-0.39, 0.29) is 12.3 Å². The minimum Gasteiger partial charge on any atom is -0.481 e. The van der Waals surface area contributed by atoms with E-state index in [1.54, 1.807) is 18.2 Å². The first kappa shape index (κ1) is 20.5. The van der Waals surface area contributed by atoms with Crippen molar-refractivity contribution in [1.82, 2.24) is 5.32 Å². The van der Waals surface area contributed by atoms with E-state index < -0.39 is 29.8 Å². The number of aliphatic carboxylic acids is 1. The summed E-state index contributed by atoms with van der Waals surface area (Å²) in [5.74, 6) is -3.18. The summed E-state index contributed by atoms with van der Waals surface area (Å²) in [6.07, 6.45) is 2.48. The topological polar surface area (TPSA) is 92.7 Å². The van der Waals surface area contributed by atoms with Crippen LogP contribution < -0.4 is 5.32 Å². The number of nitrogens with one attached hydrogen (secondary N) is 1. The Bertz CT molecular complexity index is 694. The molecule has 0 spiro atoms. The van der Waals surface area contributed by atoms with Crippen molar-refractivity contribution in [3.63, 3.8) is 0 Å². The summed E-state index contributed by atoms with van der Waals surface area (Å²) in [5, 5.41) is 12.8. The van der Waals surface area contributed by atoms with E-state index in [9.17, 15) is 19.5 Å². The number of carboxylic acids is 1. The molecule has 0 aliphatic heterocycles. The highest BCUT2D eigenvalue weighted by Gasteiger charge is 2.36. The number of carboxylic acid groups (broad SMARTS) is 1. The van der Waals surface area contributed by atoms with Crippen LogP contribution in [0.5, 0.6) is 0 Å². The summed E-state index contributed by atoms with van der Waals surface area (Å²) in [4.78, 5) is 35.9. The number of esters is 1. The average Bonchev–Trinajstić information content (AvgIpc) is 2.63. The Morgan fingerprint density at radius 2 is 1.85 bits per heavy atom. The van der Waals surface area contributed by atoms with Crippen LogP contribution in [0.1, 0.15) is 43.7 Å². The fraction of sp³-hybridized carbons (Fsp3) is 0.500. The van der Waals surface area contributed by atoms with Crippen LogP contribution in [0.15, 0.2) is 18.2 Å². The number of hydrogen-bond donors (Lipinski definition) is 2. The highest BCUT2D eigenvalue weighted by Crippen LogP contribution is 2.32. The fourth-order valence-electron chi connectivity index (χ4n) is 3.25. The summed E-state index contributed by atoms with van der Waals surface area (Å²) in [6.45, 7) is 0. The normalized spacial score (nSPS) is 20.9. The zero-order chi connectivity index (χ0) is 19.3. The highest BCUT2D eigenvalue weighted by molar-refractivity contribution is 6.42. The van der Waals surface area contributed by atoms with Crippen LogP contribution in [0.25, 0.3) is 0 Å². The number of halogens is 2. The molecule has 2 rings (SSSR count). The molecule has 1 aliphatic rings. The lowest BCUT2D eigenvalue weighted by molar-refractivity contribution is -0.149. The van der Waals surface area contributed by atoms with Gasteiger partial charge in [0.1, 0.15) is 0 Å². The van der Waals surface area contributed by atoms with E-state index in [2.05, 4.69) is 5.32 Å². The molecule has 0 bridgehead atoms. The Kier molecular flexibility index (Phi) is 7.29. The van der Waals surface area contributed by atoms with Crippen molar-refractivity contribution >= 4 is 41.0 Å². The third kappa shape index (κ3) is 5.11. The third-order valence-electron chi connectivity index (χ3n) is 4.68. The average molecular weight is 402 g/mol. The van der Waals surface area contributed by atoms with E-state index in [0.29, 0.717) is 28.5 Å². The van der Waals surface area contributed by atoms with Crippen LogP contribution in [-0.4, -0.2) is 30.1 Å². The minimum atomic E-state index is -0.969. The Labute approximate surface area is 161 Å². The minimum absolute atomic E-state index is 0.0926. The number of amides is 1. The molecule has 0 aromatic heterocycles.